The molecule has 1 heterocycles. The highest BCUT2D eigenvalue weighted by Crippen LogP contribution is 2.24. The first-order valence-corrected chi connectivity index (χ1v) is 5.24. The molecule has 1 rings (SSSR count). The van der Waals surface area contributed by atoms with Gasteiger partial charge in [0.15, 0.2) is 0 Å². The van der Waals surface area contributed by atoms with Crippen molar-refractivity contribution in [2.24, 2.45) is 0 Å². The van der Waals surface area contributed by atoms with Crippen LogP contribution < -0.4 is 5.32 Å². The van der Waals surface area contributed by atoms with Crippen molar-refractivity contribution in [1.82, 2.24) is 10.2 Å². The monoisotopic (exact) mass is 202 g/mol. The van der Waals surface area contributed by atoms with Gasteiger partial charge in [-0.25, -0.2) is 0 Å². The van der Waals surface area contributed by atoms with Gasteiger partial charge in [0.25, 0.3) is 0 Å². The highest BCUT2D eigenvalue weighted by atomic mass is 16.3. The number of aliphatic hydroxyl groups excluding tert-OH is 2. The fraction of sp³-hybridized carbons (Fsp3) is 1.00. The van der Waals surface area contributed by atoms with Crippen LogP contribution in [0.1, 0.15) is 27.7 Å². The third-order valence-electron chi connectivity index (χ3n) is 3.29. The molecule has 4 unspecified atom stereocenters. The summed E-state index contributed by atoms with van der Waals surface area (Å²) in [7, 11) is 0. The Morgan fingerprint density at radius 1 is 1.43 bits per heavy atom. The topological polar surface area (TPSA) is 55.7 Å². The van der Waals surface area contributed by atoms with E-state index in [-0.39, 0.29) is 5.54 Å². The Kier molecular flexibility index (Phi) is 3.53. The average Bonchev–Trinajstić information content (AvgIpc) is 2.08. The van der Waals surface area contributed by atoms with E-state index in [9.17, 15) is 10.2 Å². The normalized spacial score (nSPS) is 39.4. The molecular weight excluding hydrogens is 180 g/mol. The molecule has 4 atom stereocenters. The molecule has 0 aromatic carbocycles. The van der Waals surface area contributed by atoms with Crippen LogP contribution in [0.25, 0.3) is 0 Å². The van der Waals surface area contributed by atoms with Gasteiger partial charge in [0, 0.05) is 19.1 Å². The van der Waals surface area contributed by atoms with Gasteiger partial charge in [-0.15, -0.1) is 0 Å². The molecule has 1 aliphatic rings. The lowest BCUT2D eigenvalue weighted by Gasteiger charge is -2.50. The third kappa shape index (κ3) is 2.08. The van der Waals surface area contributed by atoms with Crippen LogP contribution in [0.5, 0.6) is 0 Å². The maximum absolute atomic E-state index is 9.75. The zero-order valence-corrected chi connectivity index (χ0v) is 9.49. The number of hydrogen-bond donors (Lipinski definition) is 3. The van der Waals surface area contributed by atoms with Crippen molar-refractivity contribution in [3.63, 3.8) is 0 Å². The van der Waals surface area contributed by atoms with Gasteiger partial charge in [-0.2, -0.15) is 0 Å². The number of hydrogen-bond acceptors (Lipinski definition) is 4. The third-order valence-corrected chi connectivity index (χ3v) is 3.29. The van der Waals surface area contributed by atoms with Gasteiger partial charge in [-0.1, -0.05) is 0 Å². The maximum Gasteiger partial charge on any atom is 0.105 e. The molecule has 1 fully saturated rings. The smallest absolute Gasteiger partial charge is 0.105 e. The lowest BCUT2D eigenvalue weighted by atomic mass is 9.89. The van der Waals surface area contributed by atoms with E-state index >= 15 is 0 Å². The summed E-state index contributed by atoms with van der Waals surface area (Å²) in [6.07, 6.45) is -0.976. The van der Waals surface area contributed by atoms with E-state index in [1.807, 2.05) is 11.8 Å². The van der Waals surface area contributed by atoms with Crippen LogP contribution in [-0.2, 0) is 0 Å². The molecule has 0 aromatic heterocycles. The van der Waals surface area contributed by atoms with Crippen LogP contribution >= 0.6 is 0 Å². The van der Waals surface area contributed by atoms with Crippen molar-refractivity contribution < 1.29 is 10.2 Å². The fourth-order valence-electron chi connectivity index (χ4n) is 2.02. The summed E-state index contributed by atoms with van der Waals surface area (Å²) in [6.45, 7) is 9.04. The molecule has 0 amide bonds. The number of piperazine rings is 1. The van der Waals surface area contributed by atoms with Crippen molar-refractivity contribution in [2.45, 2.75) is 51.6 Å². The van der Waals surface area contributed by atoms with Gasteiger partial charge >= 0.3 is 0 Å². The predicted molar refractivity (Wildman–Crippen MR) is 55.9 cm³/mol. The zero-order valence-electron chi connectivity index (χ0n) is 9.49. The summed E-state index contributed by atoms with van der Waals surface area (Å²) < 4.78 is 0. The first-order chi connectivity index (χ1) is 6.38. The van der Waals surface area contributed by atoms with Crippen LogP contribution in [0.4, 0.5) is 0 Å². The molecule has 84 valence electrons. The molecule has 4 heteroatoms. The van der Waals surface area contributed by atoms with Crippen molar-refractivity contribution in [1.29, 1.82) is 0 Å². The minimum absolute atomic E-state index is 0.358. The number of aliphatic hydroxyl groups is 2. The summed E-state index contributed by atoms with van der Waals surface area (Å²) in [4.78, 5) is 1.96. The number of nitrogens with zero attached hydrogens (tertiary/aromatic N) is 1. The Morgan fingerprint density at radius 3 is 2.43 bits per heavy atom. The zero-order chi connectivity index (χ0) is 10.9. The van der Waals surface area contributed by atoms with Gasteiger partial charge < -0.3 is 15.5 Å². The molecule has 4 nitrogen and oxygen atoms in total. The molecule has 0 bridgehead atoms. The maximum atomic E-state index is 9.75. The van der Waals surface area contributed by atoms with E-state index in [0.717, 1.165) is 6.54 Å². The number of nitrogens with one attached hydrogen (secondary N) is 1. The largest absolute Gasteiger partial charge is 0.391 e. The minimum atomic E-state index is -0.515. The second kappa shape index (κ2) is 4.14. The quantitative estimate of drug-likeness (QED) is 0.578. The van der Waals surface area contributed by atoms with Crippen LogP contribution in [0.2, 0.25) is 0 Å². The molecule has 1 aliphatic heterocycles. The summed E-state index contributed by atoms with van der Waals surface area (Å²) in [6, 6.07) is 0.358. The lowest BCUT2D eigenvalue weighted by Crippen LogP contribution is -2.68. The second-order valence-electron chi connectivity index (χ2n) is 4.60. The van der Waals surface area contributed by atoms with E-state index in [1.165, 1.54) is 0 Å². The summed E-state index contributed by atoms with van der Waals surface area (Å²) >= 11 is 0. The first kappa shape index (κ1) is 11.9. The first-order valence-electron chi connectivity index (χ1n) is 5.24. The summed E-state index contributed by atoms with van der Waals surface area (Å²) in [5, 5.41) is 22.7. The Morgan fingerprint density at radius 2 is 2.00 bits per heavy atom. The van der Waals surface area contributed by atoms with Gasteiger partial charge in [0.1, 0.15) is 6.23 Å². The van der Waals surface area contributed by atoms with Crippen LogP contribution in [-0.4, -0.2) is 52.1 Å². The van der Waals surface area contributed by atoms with Crippen molar-refractivity contribution >= 4 is 0 Å². The molecule has 1 saturated heterocycles. The fourth-order valence-corrected chi connectivity index (χ4v) is 2.02. The van der Waals surface area contributed by atoms with E-state index in [4.69, 9.17) is 0 Å². The minimum Gasteiger partial charge on any atom is -0.391 e. The predicted octanol–water partition coefficient (Wildman–Crippen LogP) is -0.242. The van der Waals surface area contributed by atoms with E-state index in [2.05, 4.69) is 12.2 Å². The molecule has 0 radical (unpaired) electrons. The van der Waals surface area contributed by atoms with Crippen molar-refractivity contribution in [3.05, 3.63) is 0 Å². The van der Waals surface area contributed by atoms with Crippen molar-refractivity contribution in [3.8, 4) is 0 Å². The van der Waals surface area contributed by atoms with E-state index in [0.29, 0.717) is 12.6 Å². The standard InChI is InChI=1S/C10H22N2O2/c1-7-5-12(9(3)14)10(4,6-11-7)8(2)13/h7-9,11,13-14H,5-6H2,1-4H3. The average molecular weight is 202 g/mol. The summed E-state index contributed by atoms with van der Waals surface area (Å²) in [5.74, 6) is 0. The van der Waals surface area contributed by atoms with Crippen LogP contribution in [0.15, 0.2) is 0 Å². The molecule has 0 aromatic rings. The molecule has 0 aliphatic carbocycles. The van der Waals surface area contributed by atoms with Gasteiger partial charge in [0.2, 0.25) is 0 Å². The van der Waals surface area contributed by atoms with Crippen LogP contribution in [0.3, 0.4) is 0 Å². The molecule has 0 spiro atoms. The molecule has 3 N–H and O–H groups in total. The Hall–Kier alpha value is -0.160. The van der Waals surface area contributed by atoms with Crippen LogP contribution in [0, 0.1) is 0 Å². The van der Waals surface area contributed by atoms with Gasteiger partial charge in [-0.3, -0.25) is 4.90 Å². The number of rotatable bonds is 2. The SMILES string of the molecule is CC1CN(C(C)O)C(C)(C(C)O)CN1. The highest BCUT2D eigenvalue weighted by Gasteiger charge is 2.42. The second-order valence-corrected chi connectivity index (χ2v) is 4.60. The van der Waals surface area contributed by atoms with E-state index < -0.39 is 12.3 Å². The van der Waals surface area contributed by atoms with Gasteiger partial charge in [-0.05, 0) is 27.7 Å². The summed E-state index contributed by atoms with van der Waals surface area (Å²) in [5.41, 5.74) is -0.374. The van der Waals surface area contributed by atoms with E-state index in [1.54, 1.807) is 13.8 Å². The molecule has 14 heavy (non-hydrogen) atoms. The lowest BCUT2D eigenvalue weighted by molar-refractivity contribution is -0.115. The Balaban J connectivity index is 2.82. The Labute approximate surface area is 85.9 Å². The highest BCUT2D eigenvalue weighted by molar-refractivity contribution is 4.98. The molecule has 0 saturated carbocycles. The van der Waals surface area contributed by atoms with Crippen molar-refractivity contribution in [2.75, 3.05) is 13.1 Å². The Bertz CT molecular complexity index is 197. The van der Waals surface area contributed by atoms with Gasteiger partial charge in [0.05, 0.1) is 11.6 Å². The molecular formula is C10H22N2O2.